The van der Waals surface area contributed by atoms with E-state index in [-0.39, 0.29) is 0 Å². The minimum atomic E-state index is 0.418. The van der Waals surface area contributed by atoms with Crippen LogP contribution in [0, 0.1) is 0 Å². The van der Waals surface area contributed by atoms with Gasteiger partial charge in [-0.2, -0.15) is 10.2 Å². The van der Waals surface area contributed by atoms with Gasteiger partial charge in [-0.25, -0.2) is 0 Å². The van der Waals surface area contributed by atoms with E-state index in [2.05, 4.69) is 36.2 Å². The first-order valence-electron chi connectivity index (χ1n) is 24.8. The maximum atomic E-state index is 6.38. The molecule has 0 saturated heterocycles. The number of nitrogens with zero attached hydrogens (tertiary/aromatic N) is 2. The zero-order valence-electron chi connectivity index (χ0n) is 39.3. The van der Waals surface area contributed by atoms with Crippen LogP contribution in [0.15, 0.2) is 70.9 Å². The van der Waals surface area contributed by atoms with Crippen LogP contribution in [0.3, 0.4) is 0 Å². The molecule has 0 aromatic heterocycles. The van der Waals surface area contributed by atoms with Crippen molar-refractivity contribution in [3.05, 3.63) is 71.8 Å². The maximum absolute atomic E-state index is 6.38. The van der Waals surface area contributed by atoms with E-state index in [4.69, 9.17) is 37.9 Å². The third-order valence-corrected chi connectivity index (χ3v) is 11.2. The van der Waals surface area contributed by atoms with Gasteiger partial charge in [0.25, 0.3) is 0 Å². The fourth-order valence-corrected chi connectivity index (χ4v) is 7.41. The lowest BCUT2D eigenvalue weighted by molar-refractivity contribution is -0.00347. The summed E-state index contributed by atoms with van der Waals surface area (Å²) in [5, 5.41) is 9.01. The molecule has 0 unspecified atom stereocenters. The minimum absolute atomic E-state index is 0.418. The second-order valence-corrected chi connectivity index (χ2v) is 16.7. The number of hydrogen-bond donors (Lipinski definition) is 0. The van der Waals surface area contributed by atoms with Gasteiger partial charge >= 0.3 is 0 Å². The predicted molar refractivity (Wildman–Crippen MR) is 255 cm³/mol. The molecule has 0 spiro atoms. The average Bonchev–Trinajstić information content (AvgIpc) is 3.31. The van der Waals surface area contributed by atoms with Gasteiger partial charge in [-0.15, -0.1) is 0 Å². The van der Waals surface area contributed by atoms with Gasteiger partial charge in [-0.3, -0.25) is 0 Å². The average molecular weight is 875 g/mol. The van der Waals surface area contributed by atoms with Gasteiger partial charge in [0.1, 0.15) is 24.7 Å². The van der Waals surface area contributed by atoms with Gasteiger partial charge in [0.05, 0.1) is 77.4 Å². The minimum Gasteiger partial charge on any atom is -0.491 e. The van der Waals surface area contributed by atoms with Crippen molar-refractivity contribution in [3.63, 3.8) is 0 Å². The van der Waals surface area contributed by atoms with E-state index in [0.717, 1.165) is 52.7 Å². The molecular formula is C53H82N2O8. The molecule has 3 aromatic rings. The molecule has 1 heterocycles. The summed E-state index contributed by atoms with van der Waals surface area (Å²) in [5.74, 6) is 3.14. The molecule has 0 fully saturated rings. The number of hydrogen-bond acceptors (Lipinski definition) is 10. The van der Waals surface area contributed by atoms with Crippen molar-refractivity contribution in [1.82, 2.24) is 0 Å². The molecule has 0 aliphatic carbocycles. The number of fused-ring (bicyclic) bond motifs is 1. The van der Waals surface area contributed by atoms with Crippen LogP contribution in [0.5, 0.6) is 23.0 Å². The Morgan fingerprint density at radius 2 is 0.905 bits per heavy atom. The van der Waals surface area contributed by atoms with E-state index in [1.165, 1.54) is 116 Å². The number of rotatable bonds is 29. The Morgan fingerprint density at radius 1 is 0.429 bits per heavy atom. The molecular weight excluding hydrogens is 793 g/mol. The second kappa shape index (κ2) is 35.6. The molecule has 10 heteroatoms. The van der Waals surface area contributed by atoms with Crippen LogP contribution in [0.2, 0.25) is 0 Å². The Bertz CT molecular complexity index is 1590. The Morgan fingerprint density at radius 3 is 1.48 bits per heavy atom. The van der Waals surface area contributed by atoms with Crippen molar-refractivity contribution in [1.29, 1.82) is 0 Å². The number of azo groups is 1. The lowest BCUT2D eigenvalue weighted by atomic mass is 10.1. The first-order valence-corrected chi connectivity index (χ1v) is 24.8. The van der Waals surface area contributed by atoms with Crippen molar-refractivity contribution < 1.29 is 37.9 Å². The molecule has 0 bridgehead atoms. The molecule has 1 aliphatic heterocycles. The van der Waals surface area contributed by atoms with Crippen LogP contribution in [-0.2, 0) is 32.0 Å². The van der Waals surface area contributed by atoms with Gasteiger partial charge in [-0.1, -0.05) is 142 Å². The topological polar surface area (TPSA) is 98.6 Å². The maximum Gasteiger partial charge on any atom is 0.161 e. The fraction of sp³-hybridized carbons (Fsp3) is 0.660. The van der Waals surface area contributed by atoms with Gasteiger partial charge in [0.2, 0.25) is 0 Å². The highest BCUT2D eigenvalue weighted by Gasteiger charge is 2.10. The summed E-state index contributed by atoms with van der Waals surface area (Å²) in [6, 6.07) is 19.8. The fourth-order valence-electron chi connectivity index (χ4n) is 7.41. The highest BCUT2D eigenvalue weighted by atomic mass is 16.6. The molecule has 10 nitrogen and oxygen atoms in total. The first-order chi connectivity index (χ1) is 31.2. The third-order valence-electron chi connectivity index (χ3n) is 11.2. The van der Waals surface area contributed by atoms with Gasteiger partial charge in [0, 0.05) is 6.07 Å². The van der Waals surface area contributed by atoms with Gasteiger partial charge in [0.15, 0.2) is 11.5 Å². The predicted octanol–water partition coefficient (Wildman–Crippen LogP) is 14.3. The summed E-state index contributed by atoms with van der Waals surface area (Å²) in [6.45, 7) is 11.0. The highest BCUT2D eigenvalue weighted by Crippen LogP contribution is 2.31. The van der Waals surface area contributed by atoms with Crippen LogP contribution in [-0.4, -0.2) is 72.7 Å². The molecule has 0 N–H and O–H groups in total. The molecule has 3 aromatic carbocycles. The lowest BCUT2D eigenvalue weighted by Gasteiger charge is -2.15. The van der Waals surface area contributed by atoms with Crippen molar-refractivity contribution in [2.45, 2.75) is 155 Å². The summed E-state index contributed by atoms with van der Waals surface area (Å²) < 4.78 is 47.6. The number of unbranched alkanes of at least 4 members (excludes halogenated alkanes) is 18. The van der Waals surface area contributed by atoms with Crippen LogP contribution in [0.1, 0.15) is 153 Å². The molecule has 0 saturated carbocycles. The highest BCUT2D eigenvalue weighted by molar-refractivity contribution is 5.49. The van der Waals surface area contributed by atoms with Crippen molar-refractivity contribution in [3.8, 4) is 23.0 Å². The quantitative estimate of drug-likeness (QED) is 0.0502. The van der Waals surface area contributed by atoms with Gasteiger partial charge < -0.3 is 37.9 Å². The van der Waals surface area contributed by atoms with Crippen molar-refractivity contribution in [2.24, 2.45) is 10.2 Å². The first kappa shape index (κ1) is 51.9. The van der Waals surface area contributed by atoms with E-state index < -0.39 is 0 Å². The summed E-state index contributed by atoms with van der Waals surface area (Å²) in [6.07, 6.45) is 26.8. The molecule has 4 rings (SSSR count). The largest absolute Gasteiger partial charge is 0.491 e. The summed E-state index contributed by atoms with van der Waals surface area (Å²) in [5.41, 5.74) is 3.51. The number of ether oxygens (including phenoxy) is 8. The third kappa shape index (κ3) is 24.8. The van der Waals surface area contributed by atoms with Crippen LogP contribution in [0.4, 0.5) is 11.4 Å². The van der Waals surface area contributed by atoms with Crippen LogP contribution >= 0.6 is 0 Å². The van der Waals surface area contributed by atoms with E-state index in [0.29, 0.717) is 91.4 Å². The summed E-state index contributed by atoms with van der Waals surface area (Å²) in [4.78, 5) is 0. The zero-order valence-corrected chi connectivity index (χ0v) is 39.3. The molecule has 0 atom stereocenters. The zero-order chi connectivity index (χ0) is 44.1. The van der Waals surface area contributed by atoms with E-state index in [1.807, 2.05) is 48.5 Å². The second-order valence-electron chi connectivity index (χ2n) is 16.7. The monoisotopic (exact) mass is 875 g/mol. The van der Waals surface area contributed by atoms with Crippen LogP contribution in [0.25, 0.3) is 0 Å². The Kier molecular flexibility index (Phi) is 29.4. The van der Waals surface area contributed by atoms with E-state index in [1.54, 1.807) is 0 Å². The Balaban J connectivity index is 1.25. The van der Waals surface area contributed by atoms with E-state index >= 15 is 0 Å². The normalized spacial score (nSPS) is 14.5. The molecule has 0 radical (unpaired) electrons. The summed E-state index contributed by atoms with van der Waals surface area (Å²) >= 11 is 0. The number of benzene rings is 3. The smallest absolute Gasteiger partial charge is 0.161 e. The SMILES string of the molecule is CCCCCCCCCCCCOc1ccc(COc2ccc(N=Nc3ccc4c(c3)OCCOCCOCCOCCOCC4)cc2)cc1OCCCCCCCCCCCC. The van der Waals surface area contributed by atoms with Crippen LogP contribution < -0.4 is 18.9 Å². The standard InChI is InChI=1S/C53H82N2O8/c1-3-5-7-9-11-13-15-17-19-21-32-60-51-30-23-46(43-53(51)61-33-22-20-18-16-14-12-10-8-6-4-2)45-63-50-28-26-48(27-29-50)54-55-49-25-24-47-31-34-56-35-36-57-37-38-58-39-40-59-41-42-62-52(47)44-49/h23-30,43-44H,3-22,31-42,45H2,1-2H3. The summed E-state index contributed by atoms with van der Waals surface area (Å²) in [7, 11) is 0. The molecule has 1 aliphatic rings. The molecule has 63 heavy (non-hydrogen) atoms. The van der Waals surface area contributed by atoms with E-state index in [9.17, 15) is 0 Å². The molecule has 352 valence electrons. The van der Waals surface area contributed by atoms with Crippen molar-refractivity contribution in [2.75, 3.05) is 72.7 Å². The van der Waals surface area contributed by atoms with Gasteiger partial charge in [-0.05, 0) is 72.9 Å². The lowest BCUT2D eigenvalue weighted by Crippen LogP contribution is -2.13. The Hall–Kier alpha value is -3.70. The molecule has 0 amide bonds. The Labute approximate surface area is 381 Å². The van der Waals surface area contributed by atoms with Crippen molar-refractivity contribution >= 4 is 11.4 Å².